The number of rotatable bonds is 3. The number of aromatic nitrogens is 2. The molecule has 2 aromatic heterocycles. The minimum Gasteiger partial charge on any atom is -0.364 e. The molecular weight excluding hydrogens is 286 g/mol. The third kappa shape index (κ3) is 2.59. The van der Waals surface area contributed by atoms with Crippen molar-refractivity contribution in [1.82, 2.24) is 9.97 Å². The summed E-state index contributed by atoms with van der Waals surface area (Å²) in [5.74, 6) is 0.832. The highest BCUT2D eigenvalue weighted by molar-refractivity contribution is 9.10. The molecule has 2 rings (SSSR count). The first-order valence-electron chi connectivity index (χ1n) is 4.92. The van der Waals surface area contributed by atoms with E-state index in [2.05, 4.69) is 51.1 Å². The molecule has 84 valence electrons. The van der Waals surface area contributed by atoms with Crippen LogP contribution in [-0.2, 0) is 6.54 Å². The molecule has 16 heavy (non-hydrogen) atoms. The SMILES string of the molecule is Cc1cc(CNc2ncncc2Br)sc1C. The molecule has 2 heterocycles. The lowest BCUT2D eigenvalue weighted by atomic mass is 10.3. The number of nitrogens with one attached hydrogen (secondary N) is 1. The fourth-order valence-corrected chi connectivity index (χ4v) is 2.70. The normalized spacial score (nSPS) is 10.4. The largest absolute Gasteiger partial charge is 0.364 e. The van der Waals surface area contributed by atoms with Crippen molar-refractivity contribution in [3.63, 3.8) is 0 Å². The Balaban J connectivity index is 2.05. The van der Waals surface area contributed by atoms with Crippen LogP contribution in [0.25, 0.3) is 0 Å². The minimum absolute atomic E-state index is 0.801. The summed E-state index contributed by atoms with van der Waals surface area (Å²) < 4.78 is 0.889. The summed E-state index contributed by atoms with van der Waals surface area (Å²) in [5, 5.41) is 3.28. The number of anilines is 1. The maximum absolute atomic E-state index is 4.16. The highest BCUT2D eigenvalue weighted by Gasteiger charge is 2.03. The van der Waals surface area contributed by atoms with Gasteiger partial charge in [-0.2, -0.15) is 0 Å². The van der Waals surface area contributed by atoms with E-state index in [-0.39, 0.29) is 0 Å². The summed E-state index contributed by atoms with van der Waals surface area (Å²) in [5.41, 5.74) is 1.35. The van der Waals surface area contributed by atoms with Gasteiger partial charge in [0, 0.05) is 16.0 Å². The van der Waals surface area contributed by atoms with E-state index in [1.807, 2.05) is 11.3 Å². The Labute approximate surface area is 107 Å². The monoisotopic (exact) mass is 297 g/mol. The molecule has 0 bridgehead atoms. The van der Waals surface area contributed by atoms with Crippen molar-refractivity contribution in [2.24, 2.45) is 0 Å². The topological polar surface area (TPSA) is 37.8 Å². The molecule has 0 atom stereocenters. The van der Waals surface area contributed by atoms with Gasteiger partial charge in [0.25, 0.3) is 0 Å². The molecule has 0 amide bonds. The van der Waals surface area contributed by atoms with Gasteiger partial charge in [-0.3, -0.25) is 0 Å². The van der Waals surface area contributed by atoms with E-state index in [1.54, 1.807) is 6.20 Å². The Kier molecular flexibility index (Phi) is 3.56. The maximum atomic E-state index is 4.16. The molecule has 0 saturated heterocycles. The van der Waals surface area contributed by atoms with E-state index >= 15 is 0 Å². The fraction of sp³-hybridized carbons (Fsp3) is 0.273. The summed E-state index contributed by atoms with van der Waals surface area (Å²) >= 11 is 5.22. The number of hydrogen-bond donors (Lipinski definition) is 1. The van der Waals surface area contributed by atoms with Crippen LogP contribution in [-0.4, -0.2) is 9.97 Å². The third-order valence-corrected chi connectivity index (χ3v) is 4.05. The highest BCUT2D eigenvalue weighted by Crippen LogP contribution is 2.23. The lowest BCUT2D eigenvalue weighted by Gasteiger charge is -2.04. The number of thiophene rings is 1. The predicted molar refractivity (Wildman–Crippen MR) is 70.9 cm³/mol. The van der Waals surface area contributed by atoms with Crippen molar-refractivity contribution in [3.8, 4) is 0 Å². The molecule has 2 aromatic rings. The van der Waals surface area contributed by atoms with Crippen molar-refractivity contribution in [1.29, 1.82) is 0 Å². The van der Waals surface area contributed by atoms with Gasteiger partial charge in [-0.15, -0.1) is 11.3 Å². The molecule has 0 radical (unpaired) electrons. The Hall–Kier alpha value is -0.940. The van der Waals surface area contributed by atoms with Crippen molar-refractivity contribution in [3.05, 3.63) is 38.4 Å². The molecular formula is C11H12BrN3S. The van der Waals surface area contributed by atoms with Crippen LogP contribution in [0.3, 0.4) is 0 Å². The quantitative estimate of drug-likeness (QED) is 0.942. The van der Waals surface area contributed by atoms with Gasteiger partial charge >= 0.3 is 0 Å². The van der Waals surface area contributed by atoms with Crippen LogP contribution in [0.4, 0.5) is 5.82 Å². The number of hydrogen-bond acceptors (Lipinski definition) is 4. The molecule has 0 saturated carbocycles. The highest BCUT2D eigenvalue weighted by atomic mass is 79.9. The molecule has 0 aliphatic rings. The van der Waals surface area contributed by atoms with Gasteiger partial charge in [-0.05, 0) is 41.4 Å². The van der Waals surface area contributed by atoms with E-state index < -0.39 is 0 Å². The minimum atomic E-state index is 0.801. The number of nitrogens with zero attached hydrogens (tertiary/aromatic N) is 2. The smallest absolute Gasteiger partial charge is 0.144 e. The number of aryl methyl sites for hydroxylation is 2. The van der Waals surface area contributed by atoms with E-state index in [0.717, 1.165) is 16.8 Å². The zero-order chi connectivity index (χ0) is 11.5. The molecule has 0 aliphatic carbocycles. The summed E-state index contributed by atoms with van der Waals surface area (Å²) in [4.78, 5) is 10.8. The van der Waals surface area contributed by atoms with E-state index in [4.69, 9.17) is 0 Å². The molecule has 0 spiro atoms. The average molecular weight is 298 g/mol. The summed E-state index contributed by atoms with van der Waals surface area (Å²) in [6.07, 6.45) is 3.28. The molecule has 5 heteroatoms. The van der Waals surface area contributed by atoms with Gasteiger partial charge in [-0.1, -0.05) is 0 Å². The van der Waals surface area contributed by atoms with Crippen LogP contribution in [0.1, 0.15) is 15.3 Å². The van der Waals surface area contributed by atoms with Crippen LogP contribution in [0.2, 0.25) is 0 Å². The average Bonchev–Trinajstić information content (AvgIpc) is 2.57. The second-order valence-electron chi connectivity index (χ2n) is 3.52. The van der Waals surface area contributed by atoms with Crippen LogP contribution in [0.5, 0.6) is 0 Å². The summed E-state index contributed by atoms with van der Waals surface area (Å²) in [6.45, 7) is 5.08. The lowest BCUT2D eigenvalue weighted by molar-refractivity contribution is 1.09. The van der Waals surface area contributed by atoms with Crippen LogP contribution in [0.15, 0.2) is 23.1 Å². The molecule has 0 unspecified atom stereocenters. The standard InChI is InChI=1S/C11H12BrN3S/c1-7-3-9(16-8(7)2)4-14-11-10(12)5-13-6-15-11/h3,5-6H,4H2,1-2H3,(H,13,14,15). The zero-order valence-electron chi connectivity index (χ0n) is 9.12. The van der Waals surface area contributed by atoms with Gasteiger partial charge < -0.3 is 5.32 Å². The second-order valence-corrected chi connectivity index (χ2v) is 5.72. The van der Waals surface area contributed by atoms with Gasteiger partial charge in [0.15, 0.2) is 0 Å². The van der Waals surface area contributed by atoms with Crippen LogP contribution >= 0.6 is 27.3 Å². The summed E-state index contributed by atoms with van der Waals surface area (Å²) in [7, 11) is 0. The van der Waals surface area contributed by atoms with Crippen LogP contribution < -0.4 is 5.32 Å². The van der Waals surface area contributed by atoms with E-state index in [1.165, 1.54) is 21.6 Å². The Morgan fingerprint density at radius 1 is 1.44 bits per heavy atom. The molecule has 0 aromatic carbocycles. The zero-order valence-corrected chi connectivity index (χ0v) is 11.5. The Morgan fingerprint density at radius 2 is 2.25 bits per heavy atom. The third-order valence-electron chi connectivity index (χ3n) is 2.31. The molecule has 1 N–H and O–H groups in total. The van der Waals surface area contributed by atoms with Gasteiger partial charge in [0.1, 0.15) is 12.1 Å². The maximum Gasteiger partial charge on any atom is 0.144 e. The van der Waals surface area contributed by atoms with Crippen LogP contribution in [0, 0.1) is 13.8 Å². The fourth-order valence-electron chi connectivity index (χ4n) is 1.35. The first-order valence-corrected chi connectivity index (χ1v) is 6.53. The van der Waals surface area contributed by atoms with Crippen molar-refractivity contribution in [2.75, 3.05) is 5.32 Å². The van der Waals surface area contributed by atoms with E-state index in [0.29, 0.717) is 0 Å². The summed E-state index contributed by atoms with van der Waals surface area (Å²) in [6, 6.07) is 2.21. The number of halogens is 1. The molecule has 0 aliphatic heterocycles. The molecule has 3 nitrogen and oxygen atoms in total. The first-order chi connectivity index (χ1) is 7.66. The lowest BCUT2D eigenvalue weighted by Crippen LogP contribution is -2.00. The van der Waals surface area contributed by atoms with Crippen molar-refractivity contribution in [2.45, 2.75) is 20.4 Å². The van der Waals surface area contributed by atoms with Gasteiger partial charge in [-0.25, -0.2) is 9.97 Å². The van der Waals surface area contributed by atoms with Crippen molar-refractivity contribution < 1.29 is 0 Å². The van der Waals surface area contributed by atoms with E-state index in [9.17, 15) is 0 Å². The Bertz CT molecular complexity index is 476. The second kappa shape index (κ2) is 4.93. The predicted octanol–water partition coefficient (Wildman–Crippen LogP) is 3.53. The first kappa shape index (κ1) is 11.5. The molecule has 0 fully saturated rings. The van der Waals surface area contributed by atoms with Crippen molar-refractivity contribution >= 4 is 33.1 Å². The Morgan fingerprint density at radius 3 is 2.88 bits per heavy atom. The van der Waals surface area contributed by atoms with Gasteiger partial charge in [0.05, 0.1) is 11.0 Å². The van der Waals surface area contributed by atoms with Gasteiger partial charge in [0.2, 0.25) is 0 Å².